The molecule has 2 atom stereocenters. The Balaban J connectivity index is 1.33. The van der Waals surface area contributed by atoms with Crippen LogP contribution in [-0.4, -0.2) is 25.1 Å². The Bertz CT molecular complexity index is 1080. The zero-order valence-corrected chi connectivity index (χ0v) is 16.0. The Labute approximate surface area is 173 Å². The minimum atomic E-state index is -0.687. The molecule has 2 heterocycles. The van der Waals surface area contributed by atoms with E-state index in [9.17, 15) is 9.18 Å². The standard InChI is InChI=1S/C24H19FO5/c25-17-7-9-19(29-14-15-4-2-1-3-5-15)18(13-17)22(26)24-23(30-24)16-6-8-20-21(12-16)28-11-10-27-20/h1-9,12-13,23-24H,10-11,14H2/t23-,24+/m0/s1. The molecule has 5 nitrogen and oxygen atoms in total. The third kappa shape index (κ3) is 3.74. The first-order valence-electron chi connectivity index (χ1n) is 9.74. The highest BCUT2D eigenvalue weighted by Crippen LogP contribution is 2.44. The van der Waals surface area contributed by atoms with Gasteiger partial charge in [-0.15, -0.1) is 0 Å². The number of hydrogen-bond donors (Lipinski definition) is 0. The molecule has 3 aromatic carbocycles. The van der Waals surface area contributed by atoms with Crippen molar-refractivity contribution in [3.05, 3.63) is 89.2 Å². The van der Waals surface area contributed by atoms with Crippen LogP contribution in [0, 0.1) is 5.82 Å². The van der Waals surface area contributed by atoms with Crippen LogP contribution in [0.2, 0.25) is 0 Å². The lowest BCUT2D eigenvalue weighted by atomic mass is 10.0. The number of hydrogen-bond acceptors (Lipinski definition) is 5. The lowest BCUT2D eigenvalue weighted by Crippen LogP contribution is -2.15. The average molecular weight is 406 g/mol. The van der Waals surface area contributed by atoms with E-state index in [1.54, 1.807) is 0 Å². The Morgan fingerprint density at radius 2 is 1.77 bits per heavy atom. The molecule has 0 saturated carbocycles. The van der Waals surface area contributed by atoms with Gasteiger partial charge >= 0.3 is 0 Å². The monoisotopic (exact) mass is 406 g/mol. The molecule has 0 spiro atoms. The number of ether oxygens (including phenoxy) is 4. The van der Waals surface area contributed by atoms with E-state index in [1.165, 1.54) is 18.2 Å². The predicted octanol–water partition coefficient (Wildman–Crippen LogP) is 4.50. The number of Topliss-reactive ketones (excluding diaryl/α,β-unsaturated/α-hetero) is 1. The van der Waals surface area contributed by atoms with E-state index < -0.39 is 18.0 Å². The number of carbonyl (C=O) groups is 1. The van der Waals surface area contributed by atoms with Crippen LogP contribution in [0.5, 0.6) is 17.2 Å². The van der Waals surface area contributed by atoms with E-state index in [1.807, 2.05) is 48.5 Å². The van der Waals surface area contributed by atoms with Crippen LogP contribution in [-0.2, 0) is 11.3 Å². The lowest BCUT2D eigenvalue weighted by molar-refractivity contribution is 0.0948. The van der Waals surface area contributed by atoms with Gasteiger partial charge in [0.15, 0.2) is 23.4 Å². The van der Waals surface area contributed by atoms with Crippen molar-refractivity contribution in [1.82, 2.24) is 0 Å². The summed E-state index contributed by atoms with van der Waals surface area (Å²) in [6.07, 6.45) is -1.09. The third-order valence-electron chi connectivity index (χ3n) is 5.09. The molecule has 5 rings (SSSR count). The average Bonchev–Trinajstić information content (AvgIpc) is 3.59. The molecule has 0 unspecified atom stereocenters. The molecular formula is C24H19FO5. The Morgan fingerprint density at radius 3 is 2.60 bits per heavy atom. The van der Waals surface area contributed by atoms with Crippen molar-refractivity contribution >= 4 is 5.78 Å². The van der Waals surface area contributed by atoms with Gasteiger partial charge in [-0.3, -0.25) is 4.79 Å². The van der Waals surface area contributed by atoms with Gasteiger partial charge in [0.05, 0.1) is 5.56 Å². The number of rotatable bonds is 6. The third-order valence-corrected chi connectivity index (χ3v) is 5.09. The second-order valence-electron chi connectivity index (χ2n) is 7.16. The Kier molecular flexibility index (Phi) is 4.85. The maximum atomic E-state index is 13.9. The van der Waals surface area contributed by atoms with Crippen molar-refractivity contribution in [3.63, 3.8) is 0 Å². The highest BCUT2D eigenvalue weighted by molar-refractivity contribution is 6.03. The van der Waals surface area contributed by atoms with Crippen molar-refractivity contribution in [2.24, 2.45) is 0 Å². The van der Waals surface area contributed by atoms with Gasteiger partial charge in [-0.05, 0) is 41.5 Å². The zero-order chi connectivity index (χ0) is 20.5. The molecule has 6 heteroatoms. The van der Waals surface area contributed by atoms with Gasteiger partial charge in [0.1, 0.15) is 37.5 Å². The summed E-state index contributed by atoms with van der Waals surface area (Å²) < 4.78 is 36.5. The van der Waals surface area contributed by atoms with Crippen molar-refractivity contribution in [2.75, 3.05) is 13.2 Å². The summed E-state index contributed by atoms with van der Waals surface area (Å²) in [5, 5.41) is 0. The minimum absolute atomic E-state index is 0.177. The molecule has 0 radical (unpaired) electrons. The molecule has 0 amide bonds. The van der Waals surface area contributed by atoms with Crippen molar-refractivity contribution in [1.29, 1.82) is 0 Å². The SMILES string of the molecule is O=C(c1cc(F)ccc1OCc1ccccc1)[C@H]1O[C@H]1c1ccc2c(c1)OCCO2. The van der Waals surface area contributed by atoms with Gasteiger partial charge in [-0.2, -0.15) is 0 Å². The van der Waals surface area contributed by atoms with Gasteiger partial charge < -0.3 is 18.9 Å². The van der Waals surface area contributed by atoms with E-state index in [0.29, 0.717) is 30.5 Å². The summed E-state index contributed by atoms with van der Waals surface area (Å²) in [6.45, 7) is 1.28. The summed E-state index contributed by atoms with van der Waals surface area (Å²) in [5.41, 5.74) is 1.95. The number of fused-ring (bicyclic) bond motifs is 1. The molecule has 2 aliphatic rings. The highest BCUT2D eigenvalue weighted by atomic mass is 19.1. The van der Waals surface area contributed by atoms with Crippen molar-refractivity contribution in [3.8, 4) is 17.2 Å². The largest absolute Gasteiger partial charge is 0.488 e. The molecular weight excluding hydrogens is 387 g/mol. The predicted molar refractivity (Wildman–Crippen MR) is 107 cm³/mol. The van der Waals surface area contributed by atoms with E-state index in [4.69, 9.17) is 18.9 Å². The molecule has 1 fully saturated rings. The second kappa shape index (κ2) is 7.80. The molecule has 152 valence electrons. The Hall–Kier alpha value is -3.38. The van der Waals surface area contributed by atoms with Gasteiger partial charge in [-0.25, -0.2) is 4.39 Å². The fourth-order valence-corrected chi connectivity index (χ4v) is 3.51. The summed E-state index contributed by atoms with van der Waals surface area (Å²) in [7, 11) is 0. The van der Waals surface area contributed by atoms with Gasteiger partial charge in [-0.1, -0.05) is 36.4 Å². The number of carbonyl (C=O) groups excluding carboxylic acids is 1. The zero-order valence-electron chi connectivity index (χ0n) is 16.0. The van der Waals surface area contributed by atoms with Crippen LogP contribution < -0.4 is 14.2 Å². The number of epoxide rings is 1. The van der Waals surface area contributed by atoms with Gasteiger partial charge in [0.25, 0.3) is 0 Å². The summed E-state index contributed by atoms with van der Waals surface area (Å²) in [5.74, 6) is 0.842. The molecule has 0 aliphatic carbocycles. The van der Waals surface area contributed by atoms with E-state index in [0.717, 1.165) is 11.1 Å². The summed E-state index contributed by atoms with van der Waals surface area (Å²) >= 11 is 0. The topological polar surface area (TPSA) is 57.3 Å². The fraction of sp³-hybridized carbons (Fsp3) is 0.208. The molecule has 2 aliphatic heterocycles. The van der Waals surface area contributed by atoms with Crippen molar-refractivity contribution < 1.29 is 28.1 Å². The van der Waals surface area contributed by atoms with Crippen LogP contribution in [0.4, 0.5) is 4.39 Å². The van der Waals surface area contributed by atoms with E-state index >= 15 is 0 Å². The van der Waals surface area contributed by atoms with E-state index in [2.05, 4.69) is 0 Å². The smallest absolute Gasteiger partial charge is 0.198 e. The molecule has 30 heavy (non-hydrogen) atoms. The summed E-state index contributed by atoms with van der Waals surface area (Å²) in [4.78, 5) is 13.0. The molecule has 3 aromatic rings. The fourth-order valence-electron chi connectivity index (χ4n) is 3.51. The Morgan fingerprint density at radius 1 is 0.967 bits per heavy atom. The van der Waals surface area contributed by atoms with Crippen LogP contribution >= 0.6 is 0 Å². The van der Waals surface area contributed by atoms with Crippen LogP contribution in [0.3, 0.4) is 0 Å². The normalized spacial score (nSPS) is 19.2. The number of benzene rings is 3. The first-order valence-corrected chi connectivity index (χ1v) is 9.74. The number of ketones is 1. The minimum Gasteiger partial charge on any atom is -0.488 e. The molecule has 1 saturated heterocycles. The summed E-state index contributed by atoms with van der Waals surface area (Å²) in [6, 6.07) is 19.0. The van der Waals surface area contributed by atoms with Crippen molar-refractivity contribution in [2.45, 2.75) is 18.8 Å². The van der Waals surface area contributed by atoms with Crippen LogP contribution in [0.1, 0.15) is 27.6 Å². The quantitative estimate of drug-likeness (QED) is 0.446. The van der Waals surface area contributed by atoms with E-state index in [-0.39, 0.29) is 18.0 Å². The molecule has 0 bridgehead atoms. The number of halogens is 1. The highest BCUT2D eigenvalue weighted by Gasteiger charge is 2.47. The maximum absolute atomic E-state index is 13.9. The maximum Gasteiger partial charge on any atom is 0.198 e. The molecule has 0 aromatic heterocycles. The first kappa shape index (κ1) is 18.6. The van der Waals surface area contributed by atoms with Crippen LogP contribution in [0.15, 0.2) is 66.7 Å². The second-order valence-corrected chi connectivity index (χ2v) is 7.16. The lowest BCUT2D eigenvalue weighted by Gasteiger charge is -2.18. The molecule has 0 N–H and O–H groups in total. The van der Waals surface area contributed by atoms with Gasteiger partial charge in [0, 0.05) is 0 Å². The first-order chi connectivity index (χ1) is 14.7. The van der Waals surface area contributed by atoms with Crippen LogP contribution in [0.25, 0.3) is 0 Å². The van der Waals surface area contributed by atoms with Gasteiger partial charge in [0.2, 0.25) is 0 Å².